The third-order valence-electron chi connectivity index (χ3n) is 7.52. The fraction of sp³-hybridized carbons (Fsp3) is 0.379. The number of halogens is 6. The molecule has 0 aliphatic carbocycles. The summed E-state index contributed by atoms with van der Waals surface area (Å²) < 4.78 is 61.0. The van der Waals surface area contributed by atoms with Gasteiger partial charge in [-0.2, -0.15) is 0 Å². The molecule has 13 heteroatoms. The van der Waals surface area contributed by atoms with Crippen molar-refractivity contribution in [3.05, 3.63) is 71.6 Å². The lowest BCUT2D eigenvalue weighted by Crippen LogP contribution is -2.46. The van der Waals surface area contributed by atoms with Crippen LogP contribution in [0.3, 0.4) is 0 Å². The minimum Gasteiger partial charge on any atom is -0.393 e. The third kappa shape index (κ3) is 6.91. The summed E-state index contributed by atoms with van der Waals surface area (Å²) in [5, 5.41) is 12.3. The Hall–Kier alpha value is -3.12. The molecule has 2 aliphatic rings. The maximum atomic E-state index is 15.7. The molecule has 2 atom stereocenters. The quantitative estimate of drug-likeness (QED) is 0.321. The Bertz CT molecular complexity index is 1390. The van der Waals surface area contributed by atoms with Crippen molar-refractivity contribution in [2.24, 2.45) is 11.7 Å². The van der Waals surface area contributed by atoms with E-state index in [4.69, 9.17) is 5.73 Å². The lowest BCUT2D eigenvalue weighted by molar-refractivity contribution is 0.102. The molecule has 2 fully saturated rings. The first-order valence-electron chi connectivity index (χ1n) is 13.3. The molecule has 4 N–H and O–H groups in total. The van der Waals surface area contributed by atoms with E-state index in [1.54, 1.807) is 17.2 Å². The van der Waals surface area contributed by atoms with Crippen molar-refractivity contribution in [2.75, 3.05) is 41.3 Å². The molecule has 2 saturated heterocycles. The van der Waals surface area contributed by atoms with Gasteiger partial charge in [0.25, 0.3) is 5.91 Å². The van der Waals surface area contributed by atoms with Crippen LogP contribution in [0, 0.1) is 29.2 Å². The minimum absolute atomic E-state index is 0. The van der Waals surface area contributed by atoms with E-state index in [9.17, 15) is 14.3 Å². The Kier molecular flexibility index (Phi) is 11.0. The first-order valence-corrected chi connectivity index (χ1v) is 13.3. The fourth-order valence-corrected chi connectivity index (χ4v) is 5.61. The zero-order chi connectivity index (χ0) is 28.6. The summed E-state index contributed by atoms with van der Waals surface area (Å²) in [6.07, 6.45) is 4.24. The first kappa shape index (κ1) is 33.4. The number of hydrogen-bond acceptors (Lipinski definition) is 6. The van der Waals surface area contributed by atoms with Crippen molar-refractivity contribution in [2.45, 2.75) is 38.3 Å². The van der Waals surface area contributed by atoms with Crippen LogP contribution in [0.5, 0.6) is 0 Å². The molecule has 1 aromatic heterocycles. The van der Waals surface area contributed by atoms with Crippen molar-refractivity contribution < 1.29 is 27.5 Å². The van der Waals surface area contributed by atoms with Gasteiger partial charge < -0.3 is 26.0 Å². The van der Waals surface area contributed by atoms with Crippen LogP contribution in [0.15, 0.2) is 42.7 Å². The summed E-state index contributed by atoms with van der Waals surface area (Å²) in [5.74, 6) is -5.53. The van der Waals surface area contributed by atoms with E-state index < -0.39 is 52.0 Å². The van der Waals surface area contributed by atoms with Gasteiger partial charge in [-0.05, 0) is 55.5 Å². The second-order valence-electron chi connectivity index (χ2n) is 10.6. The topological polar surface area (TPSA) is 94.7 Å². The number of carbonyl (C=O) groups excluding carboxylic acids is 1. The number of hydrogen-bond donors (Lipinski definition) is 3. The van der Waals surface area contributed by atoms with E-state index in [2.05, 4.69) is 17.2 Å². The monoisotopic (exact) mass is 629 g/mol. The SMILES string of the molecule is C[C@@H]1C[C@H](N)CN(c2ccncc2NC(=O)c2ccc(F)c(-c3c(F)cc(N4CCC(O)CC4)cc3F)c2F)C1.Cl.Cl. The van der Waals surface area contributed by atoms with E-state index in [1.807, 2.05) is 4.90 Å². The van der Waals surface area contributed by atoms with Crippen LogP contribution in [0.25, 0.3) is 11.1 Å². The predicted molar refractivity (Wildman–Crippen MR) is 160 cm³/mol. The molecular formula is C29H33Cl2F4N5O2. The molecular weight excluding hydrogens is 597 g/mol. The molecule has 0 radical (unpaired) electrons. The Labute approximate surface area is 253 Å². The highest BCUT2D eigenvalue weighted by molar-refractivity contribution is 6.06. The maximum Gasteiger partial charge on any atom is 0.258 e. The van der Waals surface area contributed by atoms with Gasteiger partial charge in [-0.3, -0.25) is 9.78 Å². The average molecular weight is 631 g/mol. The molecule has 3 heterocycles. The largest absolute Gasteiger partial charge is 0.393 e. The molecule has 0 saturated carbocycles. The van der Waals surface area contributed by atoms with Crippen molar-refractivity contribution >= 4 is 47.8 Å². The van der Waals surface area contributed by atoms with Crippen LogP contribution >= 0.6 is 24.8 Å². The molecule has 228 valence electrons. The second kappa shape index (κ2) is 13.9. The number of benzene rings is 2. The van der Waals surface area contributed by atoms with Crippen molar-refractivity contribution in [3.8, 4) is 11.1 Å². The molecule has 1 amide bonds. The Morgan fingerprint density at radius 2 is 1.64 bits per heavy atom. The van der Waals surface area contributed by atoms with E-state index in [0.29, 0.717) is 56.3 Å². The number of nitrogens with one attached hydrogen (secondary N) is 1. The van der Waals surface area contributed by atoms with Gasteiger partial charge in [0.15, 0.2) is 0 Å². The molecule has 42 heavy (non-hydrogen) atoms. The summed E-state index contributed by atoms with van der Waals surface area (Å²) >= 11 is 0. The highest BCUT2D eigenvalue weighted by Crippen LogP contribution is 2.36. The molecule has 2 aromatic carbocycles. The zero-order valence-corrected chi connectivity index (χ0v) is 24.5. The van der Waals surface area contributed by atoms with Crippen LogP contribution in [0.4, 0.5) is 34.6 Å². The number of aromatic nitrogens is 1. The standard InChI is InChI=1S/C29H31F4N5O2.2ClH/c1-16-10-17(34)15-38(14-16)25-4-7-35-13-24(25)36-29(40)20-2-3-21(30)27(28(20)33)26-22(31)11-18(12-23(26)32)37-8-5-19(39)6-9-37;;/h2-4,7,11-13,16-17,19,39H,5-6,8-10,14-15,34H2,1H3,(H,36,40);2*1H/t16-,17+;;/m1../s1. The second-order valence-corrected chi connectivity index (χ2v) is 10.6. The molecule has 0 bridgehead atoms. The van der Waals surface area contributed by atoms with E-state index in [-0.39, 0.29) is 36.5 Å². The predicted octanol–water partition coefficient (Wildman–Crippen LogP) is 5.54. The average Bonchev–Trinajstić information content (AvgIpc) is 2.90. The van der Waals surface area contributed by atoms with Gasteiger partial charge in [-0.1, -0.05) is 6.92 Å². The maximum absolute atomic E-state index is 15.7. The van der Waals surface area contributed by atoms with Crippen LogP contribution in [0.2, 0.25) is 0 Å². The highest BCUT2D eigenvalue weighted by Gasteiger charge is 2.28. The number of pyridine rings is 1. The van der Waals surface area contributed by atoms with Crippen molar-refractivity contribution in [1.82, 2.24) is 4.98 Å². The van der Waals surface area contributed by atoms with Gasteiger partial charge in [0.2, 0.25) is 0 Å². The number of aliphatic hydroxyl groups excluding tert-OH is 1. The summed E-state index contributed by atoms with van der Waals surface area (Å²) in [5.41, 5.74) is 4.88. The fourth-order valence-electron chi connectivity index (χ4n) is 5.61. The zero-order valence-electron chi connectivity index (χ0n) is 22.8. The number of amides is 1. The number of nitrogens with two attached hydrogens (primary N) is 1. The lowest BCUT2D eigenvalue weighted by atomic mass is 9.96. The molecule has 0 spiro atoms. The lowest BCUT2D eigenvalue weighted by Gasteiger charge is -2.37. The molecule has 5 rings (SSSR count). The number of aliphatic hydroxyl groups is 1. The number of anilines is 3. The highest BCUT2D eigenvalue weighted by atomic mass is 35.5. The van der Waals surface area contributed by atoms with E-state index in [0.717, 1.165) is 30.7 Å². The molecule has 2 aliphatic heterocycles. The van der Waals surface area contributed by atoms with Gasteiger partial charge in [-0.25, -0.2) is 17.6 Å². The number of nitrogens with zero attached hydrogens (tertiary/aromatic N) is 3. The first-order chi connectivity index (χ1) is 19.1. The normalized spacial score (nSPS) is 19.1. The van der Waals surface area contributed by atoms with Gasteiger partial charge in [0.05, 0.1) is 40.4 Å². The van der Waals surface area contributed by atoms with Crippen LogP contribution in [0.1, 0.15) is 36.5 Å². The van der Waals surface area contributed by atoms with E-state index in [1.165, 1.54) is 6.20 Å². The molecule has 0 unspecified atom stereocenters. The smallest absolute Gasteiger partial charge is 0.258 e. The molecule has 3 aromatic rings. The van der Waals surface area contributed by atoms with Gasteiger partial charge >= 0.3 is 0 Å². The molecule has 7 nitrogen and oxygen atoms in total. The summed E-state index contributed by atoms with van der Waals surface area (Å²) in [6.45, 7) is 4.09. The third-order valence-corrected chi connectivity index (χ3v) is 7.52. The van der Waals surface area contributed by atoms with Gasteiger partial charge in [0.1, 0.15) is 23.3 Å². The van der Waals surface area contributed by atoms with Crippen LogP contribution in [-0.4, -0.2) is 54.3 Å². The Morgan fingerprint density at radius 3 is 2.29 bits per heavy atom. The van der Waals surface area contributed by atoms with E-state index >= 15 is 13.2 Å². The van der Waals surface area contributed by atoms with Crippen molar-refractivity contribution in [3.63, 3.8) is 0 Å². The summed E-state index contributed by atoms with van der Waals surface area (Å²) in [7, 11) is 0. The van der Waals surface area contributed by atoms with Gasteiger partial charge in [0, 0.05) is 44.1 Å². The van der Waals surface area contributed by atoms with Crippen molar-refractivity contribution in [1.29, 1.82) is 0 Å². The number of carbonyl (C=O) groups is 1. The Morgan fingerprint density at radius 1 is 0.976 bits per heavy atom. The number of rotatable bonds is 5. The van der Waals surface area contributed by atoms with Crippen LogP contribution < -0.4 is 20.9 Å². The summed E-state index contributed by atoms with van der Waals surface area (Å²) in [4.78, 5) is 21.0. The minimum atomic E-state index is -1.39. The van der Waals surface area contributed by atoms with Crippen LogP contribution in [-0.2, 0) is 0 Å². The number of piperidine rings is 2. The van der Waals surface area contributed by atoms with Gasteiger partial charge in [-0.15, -0.1) is 24.8 Å². The summed E-state index contributed by atoms with van der Waals surface area (Å²) in [6, 6.07) is 5.41. The Balaban J connectivity index is 0.00000242.